The molecule has 0 saturated carbocycles. The number of para-hydroxylation sites is 1. The molecule has 0 atom stereocenters. The van der Waals surface area contributed by atoms with E-state index in [1.807, 2.05) is 36.4 Å². The first kappa shape index (κ1) is 12.7. The fourth-order valence-electron chi connectivity index (χ4n) is 2.24. The summed E-state index contributed by atoms with van der Waals surface area (Å²) in [5.74, 6) is -1.82. The standard InChI is InChI=1S/C15H9N3O3/c16-8-11-13-10(14(19)12(17-11)15(20)21)6-7-18(13)9-4-2-1-3-5-9/h1-7,19H,(H,20,21). The largest absolute Gasteiger partial charge is 0.505 e. The average molecular weight is 279 g/mol. The van der Waals surface area contributed by atoms with Crippen molar-refractivity contribution < 1.29 is 15.0 Å². The summed E-state index contributed by atoms with van der Waals surface area (Å²) in [6.45, 7) is 0. The van der Waals surface area contributed by atoms with Gasteiger partial charge in [0.2, 0.25) is 0 Å². The van der Waals surface area contributed by atoms with Crippen LogP contribution in [0.15, 0.2) is 42.6 Å². The topological polar surface area (TPSA) is 99.1 Å². The number of aromatic nitrogens is 2. The first-order chi connectivity index (χ1) is 10.1. The van der Waals surface area contributed by atoms with Crippen LogP contribution < -0.4 is 0 Å². The molecule has 2 heterocycles. The van der Waals surface area contributed by atoms with Crippen LogP contribution in [0.3, 0.4) is 0 Å². The van der Waals surface area contributed by atoms with Gasteiger partial charge >= 0.3 is 5.97 Å². The molecule has 3 aromatic rings. The van der Waals surface area contributed by atoms with Crippen molar-refractivity contribution in [3.8, 4) is 17.5 Å². The number of pyridine rings is 1. The number of benzene rings is 1. The Morgan fingerprint density at radius 1 is 1.24 bits per heavy atom. The lowest BCUT2D eigenvalue weighted by Gasteiger charge is -2.08. The van der Waals surface area contributed by atoms with Gasteiger partial charge in [0, 0.05) is 17.3 Å². The smallest absolute Gasteiger partial charge is 0.358 e. The molecule has 2 N–H and O–H groups in total. The van der Waals surface area contributed by atoms with E-state index in [0.29, 0.717) is 5.52 Å². The lowest BCUT2D eigenvalue weighted by molar-refractivity contribution is 0.0687. The fraction of sp³-hybridized carbons (Fsp3) is 0. The highest BCUT2D eigenvalue weighted by Crippen LogP contribution is 2.32. The summed E-state index contributed by atoms with van der Waals surface area (Å²) in [6, 6.07) is 12.7. The molecule has 0 fully saturated rings. The summed E-state index contributed by atoms with van der Waals surface area (Å²) in [7, 11) is 0. The Balaban J connectivity index is 2.40. The second kappa shape index (κ2) is 4.65. The van der Waals surface area contributed by atoms with Crippen LogP contribution in [-0.2, 0) is 0 Å². The number of carboxylic acids is 1. The van der Waals surface area contributed by atoms with E-state index < -0.39 is 17.4 Å². The number of fused-ring (bicyclic) bond motifs is 1. The van der Waals surface area contributed by atoms with Crippen LogP contribution in [0.25, 0.3) is 16.6 Å². The number of hydrogen-bond donors (Lipinski definition) is 2. The highest BCUT2D eigenvalue weighted by molar-refractivity contribution is 5.99. The van der Waals surface area contributed by atoms with E-state index in [1.165, 1.54) is 0 Å². The lowest BCUT2D eigenvalue weighted by atomic mass is 10.2. The van der Waals surface area contributed by atoms with E-state index in [1.54, 1.807) is 16.8 Å². The van der Waals surface area contributed by atoms with Crippen molar-refractivity contribution in [2.45, 2.75) is 0 Å². The zero-order valence-corrected chi connectivity index (χ0v) is 10.7. The van der Waals surface area contributed by atoms with Gasteiger partial charge in [-0.15, -0.1) is 0 Å². The second-order valence-electron chi connectivity index (χ2n) is 4.36. The number of carboxylic acid groups (broad SMARTS) is 1. The molecule has 0 unspecified atom stereocenters. The zero-order valence-electron chi connectivity index (χ0n) is 10.7. The molecule has 21 heavy (non-hydrogen) atoms. The van der Waals surface area contributed by atoms with Crippen molar-refractivity contribution in [2.75, 3.05) is 0 Å². The van der Waals surface area contributed by atoms with Gasteiger partial charge in [-0.3, -0.25) is 0 Å². The normalized spacial score (nSPS) is 10.4. The van der Waals surface area contributed by atoms with Gasteiger partial charge in [0.05, 0.1) is 5.52 Å². The van der Waals surface area contributed by atoms with Gasteiger partial charge in [-0.1, -0.05) is 18.2 Å². The molecule has 0 bridgehead atoms. The predicted molar refractivity (Wildman–Crippen MR) is 74.4 cm³/mol. The highest BCUT2D eigenvalue weighted by atomic mass is 16.4. The Bertz CT molecular complexity index is 892. The van der Waals surface area contributed by atoms with Crippen LogP contribution >= 0.6 is 0 Å². The van der Waals surface area contributed by atoms with Crippen LogP contribution in [0.5, 0.6) is 5.75 Å². The summed E-state index contributed by atoms with van der Waals surface area (Å²) in [6.07, 6.45) is 1.66. The van der Waals surface area contributed by atoms with Gasteiger partial charge in [0.25, 0.3) is 0 Å². The lowest BCUT2D eigenvalue weighted by Crippen LogP contribution is -2.04. The van der Waals surface area contributed by atoms with Crippen LogP contribution in [0.4, 0.5) is 0 Å². The Kier molecular flexibility index (Phi) is 2.81. The van der Waals surface area contributed by atoms with Gasteiger partial charge < -0.3 is 14.8 Å². The molecule has 0 aliphatic rings. The Morgan fingerprint density at radius 3 is 2.57 bits per heavy atom. The van der Waals surface area contributed by atoms with Crippen LogP contribution in [-0.4, -0.2) is 25.7 Å². The van der Waals surface area contributed by atoms with E-state index >= 15 is 0 Å². The van der Waals surface area contributed by atoms with Gasteiger partial charge in [0.15, 0.2) is 17.1 Å². The van der Waals surface area contributed by atoms with Crippen molar-refractivity contribution in [3.05, 3.63) is 54.0 Å². The zero-order chi connectivity index (χ0) is 15.0. The van der Waals surface area contributed by atoms with E-state index in [0.717, 1.165) is 5.69 Å². The van der Waals surface area contributed by atoms with Crippen molar-refractivity contribution in [2.24, 2.45) is 0 Å². The van der Waals surface area contributed by atoms with Crippen LogP contribution in [0, 0.1) is 11.3 Å². The van der Waals surface area contributed by atoms with E-state index in [4.69, 9.17) is 5.11 Å². The maximum atomic E-state index is 11.1. The molecule has 0 amide bonds. The maximum absolute atomic E-state index is 11.1. The van der Waals surface area contributed by atoms with E-state index in [-0.39, 0.29) is 11.1 Å². The predicted octanol–water partition coefficient (Wildman–Crippen LogP) is 2.30. The highest BCUT2D eigenvalue weighted by Gasteiger charge is 2.21. The van der Waals surface area contributed by atoms with E-state index in [9.17, 15) is 15.2 Å². The van der Waals surface area contributed by atoms with Crippen molar-refractivity contribution >= 4 is 16.9 Å². The molecule has 0 saturated heterocycles. The minimum atomic E-state index is -1.38. The van der Waals surface area contributed by atoms with Gasteiger partial charge in [0.1, 0.15) is 6.07 Å². The van der Waals surface area contributed by atoms with Crippen LogP contribution in [0.2, 0.25) is 0 Å². The number of aromatic hydroxyl groups is 1. The third-order valence-electron chi connectivity index (χ3n) is 3.16. The average Bonchev–Trinajstić information content (AvgIpc) is 2.94. The van der Waals surface area contributed by atoms with Crippen molar-refractivity contribution in [1.82, 2.24) is 9.55 Å². The molecular formula is C15H9N3O3. The fourth-order valence-corrected chi connectivity index (χ4v) is 2.24. The van der Waals surface area contributed by atoms with Crippen molar-refractivity contribution in [3.63, 3.8) is 0 Å². The molecule has 0 radical (unpaired) electrons. The third kappa shape index (κ3) is 1.88. The SMILES string of the molecule is N#Cc1nc(C(=O)O)c(O)c2ccn(-c3ccccc3)c12. The monoisotopic (exact) mass is 279 g/mol. The summed E-state index contributed by atoms with van der Waals surface area (Å²) in [5, 5.41) is 28.6. The minimum Gasteiger partial charge on any atom is -0.505 e. The summed E-state index contributed by atoms with van der Waals surface area (Å²) < 4.78 is 1.69. The van der Waals surface area contributed by atoms with Crippen molar-refractivity contribution in [1.29, 1.82) is 5.26 Å². The molecule has 6 heteroatoms. The molecule has 2 aromatic heterocycles. The molecule has 3 rings (SSSR count). The molecule has 1 aromatic carbocycles. The number of nitrogens with zero attached hydrogens (tertiary/aromatic N) is 3. The Hall–Kier alpha value is -3.33. The number of hydrogen-bond acceptors (Lipinski definition) is 4. The van der Waals surface area contributed by atoms with Gasteiger partial charge in [-0.05, 0) is 18.2 Å². The third-order valence-corrected chi connectivity index (χ3v) is 3.16. The Morgan fingerprint density at radius 2 is 1.95 bits per heavy atom. The Labute approximate surface area is 119 Å². The first-order valence-electron chi connectivity index (χ1n) is 6.06. The maximum Gasteiger partial charge on any atom is 0.358 e. The molecule has 102 valence electrons. The number of rotatable bonds is 2. The minimum absolute atomic E-state index is 0.0472. The van der Waals surface area contributed by atoms with Gasteiger partial charge in [-0.25, -0.2) is 9.78 Å². The molecule has 6 nitrogen and oxygen atoms in total. The number of nitriles is 1. The number of carbonyl (C=O) groups is 1. The quantitative estimate of drug-likeness (QED) is 0.749. The summed E-state index contributed by atoms with van der Waals surface area (Å²) in [5.41, 5.74) is 0.596. The molecule has 0 aliphatic heterocycles. The summed E-state index contributed by atoms with van der Waals surface area (Å²) in [4.78, 5) is 14.8. The summed E-state index contributed by atoms with van der Waals surface area (Å²) >= 11 is 0. The van der Waals surface area contributed by atoms with Gasteiger partial charge in [-0.2, -0.15) is 5.26 Å². The second-order valence-corrected chi connectivity index (χ2v) is 4.36. The number of aromatic carboxylic acids is 1. The molecule has 0 spiro atoms. The molecular weight excluding hydrogens is 270 g/mol. The van der Waals surface area contributed by atoms with Crippen LogP contribution in [0.1, 0.15) is 16.2 Å². The first-order valence-corrected chi connectivity index (χ1v) is 6.06. The molecule has 0 aliphatic carbocycles. The van der Waals surface area contributed by atoms with E-state index in [2.05, 4.69) is 4.98 Å².